The summed E-state index contributed by atoms with van der Waals surface area (Å²) < 4.78 is 12.0. The van der Waals surface area contributed by atoms with Gasteiger partial charge in [0.1, 0.15) is 11.5 Å². The number of carbonyl (C=O) groups is 1. The number of benzene rings is 2. The third kappa shape index (κ3) is 5.23. The Kier molecular flexibility index (Phi) is 6.88. The number of ether oxygens (including phenoxy) is 2. The Morgan fingerprint density at radius 2 is 1.88 bits per heavy atom. The molecule has 0 fully saturated rings. The molecule has 2 aromatic rings. The van der Waals surface area contributed by atoms with Crippen LogP contribution in [-0.4, -0.2) is 19.1 Å². The Balaban J connectivity index is 2.03. The van der Waals surface area contributed by atoms with Crippen molar-refractivity contribution in [3.05, 3.63) is 58.1 Å². The molecule has 134 valence electrons. The highest BCUT2D eigenvalue weighted by Crippen LogP contribution is 2.24. The zero-order valence-electron chi connectivity index (χ0n) is 15.0. The van der Waals surface area contributed by atoms with Gasteiger partial charge in [0, 0.05) is 4.47 Å². The largest absolute Gasteiger partial charge is 0.496 e. The van der Waals surface area contributed by atoms with Crippen LogP contribution in [0.3, 0.4) is 0 Å². The van der Waals surface area contributed by atoms with Gasteiger partial charge in [-0.25, -0.2) is 0 Å². The first-order valence-electron chi connectivity index (χ1n) is 8.31. The molecule has 0 aliphatic rings. The van der Waals surface area contributed by atoms with E-state index in [1.165, 1.54) is 0 Å². The number of aryl methyl sites for hydroxylation is 1. The second-order valence-corrected chi connectivity index (χ2v) is 6.83. The summed E-state index contributed by atoms with van der Waals surface area (Å²) in [5, 5.41) is 3.07. The Labute approximate surface area is 157 Å². The molecule has 0 aliphatic heterocycles. The second kappa shape index (κ2) is 8.90. The van der Waals surface area contributed by atoms with Crippen LogP contribution in [0.4, 0.5) is 0 Å². The number of amides is 1. The highest BCUT2D eigenvalue weighted by molar-refractivity contribution is 9.10. The van der Waals surface area contributed by atoms with Crippen LogP contribution in [0.2, 0.25) is 0 Å². The maximum atomic E-state index is 12.5. The fourth-order valence-corrected chi connectivity index (χ4v) is 2.86. The van der Waals surface area contributed by atoms with Crippen LogP contribution in [0.15, 0.2) is 46.9 Å². The van der Waals surface area contributed by atoms with Crippen molar-refractivity contribution in [3.63, 3.8) is 0 Å². The van der Waals surface area contributed by atoms with E-state index in [0.717, 1.165) is 27.8 Å². The highest BCUT2D eigenvalue weighted by Gasteiger charge is 2.20. The number of rotatable bonds is 7. The van der Waals surface area contributed by atoms with Gasteiger partial charge < -0.3 is 14.8 Å². The third-order valence-corrected chi connectivity index (χ3v) is 4.57. The Bertz CT molecular complexity index is 715. The summed E-state index contributed by atoms with van der Waals surface area (Å²) in [6, 6.07) is 13.3. The number of hydrogen-bond acceptors (Lipinski definition) is 3. The van der Waals surface area contributed by atoms with Crippen LogP contribution in [0.5, 0.6) is 11.5 Å². The molecule has 0 saturated carbocycles. The quantitative estimate of drug-likeness (QED) is 0.719. The van der Waals surface area contributed by atoms with Crippen LogP contribution < -0.4 is 14.8 Å². The highest BCUT2D eigenvalue weighted by atomic mass is 79.9. The zero-order chi connectivity index (χ0) is 18.4. The molecule has 0 spiro atoms. The lowest BCUT2D eigenvalue weighted by molar-refractivity contribution is -0.128. The number of halogens is 1. The van der Waals surface area contributed by atoms with E-state index in [1.807, 2.05) is 56.3 Å². The summed E-state index contributed by atoms with van der Waals surface area (Å²) in [7, 11) is 1.65. The summed E-state index contributed by atoms with van der Waals surface area (Å²) in [5.41, 5.74) is 2.11. The fraction of sp³-hybridized carbons (Fsp3) is 0.350. The number of methoxy groups -OCH3 is 1. The minimum atomic E-state index is -0.574. The predicted octanol–water partition coefficient (Wildman–Crippen LogP) is 4.80. The van der Waals surface area contributed by atoms with Gasteiger partial charge in [-0.2, -0.15) is 0 Å². The molecule has 1 amide bonds. The molecule has 0 aliphatic carbocycles. The molecule has 0 radical (unpaired) electrons. The Morgan fingerprint density at radius 1 is 1.20 bits per heavy atom. The lowest BCUT2D eigenvalue weighted by atomic mass is 10.0. The normalized spacial score (nSPS) is 13.0. The van der Waals surface area contributed by atoms with Crippen LogP contribution in [0.25, 0.3) is 0 Å². The topological polar surface area (TPSA) is 47.6 Å². The van der Waals surface area contributed by atoms with Crippen molar-refractivity contribution in [2.45, 2.75) is 39.3 Å². The van der Waals surface area contributed by atoms with Crippen molar-refractivity contribution in [1.82, 2.24) is 5.32 Å². The Hall–Kier alpha value is -2.01. The van der Waals surface area contributed by atoms with Gasteiger partial charge in [0.15, 0.2) is 6.10 Å². The van der Waals surface area contributed by atoms with Crippen LogP contribution in [0, 0.1) is 6.92 Å². The van der Waals surface area contributed by atoms with Gasteiger partial charge in [-0.1, -0.05) is 35.0 Å². The van der Waals surface area contributed by atoms with Gasteiger partial charge in [0.25, 0.3) is 5.91 Å². The van der Waals surface area contributed by atoms with E-state index in [2.05, 4.69) is 21.2 Å². The second-order valence-electron chi connectivity index (χ2n) is 5.91. The van der Waals surface area contributed by atoms with Crippen LogP contribution in [-0.2, 0) is 4.79 Å². The van der Waals surface area contributed by atoms with Gasteiger partial charge in [-0.15, -0.1) is 0 Å². The van der Waals surface area contributed by atoms with Crippen molar-refractivity contribution in [2.75, 3.05) is 7.11 Å². The molecular formula is C20H24BrNO3. The van der Waals surface area contributed by atoms with Crippen molar-refractivity contribution in [2.24, 2.45) is 0 Å². The maximum absolute atomic E-state index is 12.5. The molecule has 2 rings (SSSR count). The van der Waals surface area contributed by atoms with E-state index in [4.69, 9.17) is 9.47 Å². The monoisotopic (exact) mass is 405 g/mol. The van der Waals surface area contributed by atoms with Crippen molar-refractivity contribution >= 4 is 21.8 Å². The van der Waals surface area contributed by atoms with Crippen LogP contribution in [0.1, 0.15) is 37.4 Å². The first-order valence-corrected chi connectivity index (χ1v) is 9.11. The Morgan fingerprint density at radius 3 is 2.44 bits per heavy atom. The molecule has 4 nitrogen and oxygen atoms in total. The number of hydrogen-bond donors (Lipinski definition) is 1. The summed E-state index contributed by atoms with van der Waals surface area (Å²) in [6.07, 6.45) is 0.220. The van der Waals surface area contributed by atoms with E-state index in [0.29, 0.717) is 5.75 Å². The van der Waals surface area contributed by atoms with Crippen molar-refractivity contribution in [1.29, 1.82) is 0 Å². The summed E-state index contributed by atoms with van der Waals surface area (Å²) in [5.74, 6) is 1.37. The maximum Gasteiger partial charge on any atom is 0.261 e. The zero-order valence-corrected chi connectivity index (χ0v) is 16.6. The first-order chi connectivity index (χ1) is 11.9. The molecule has 2 aromatic carbocycles. The van der Waals surface area contributed by atoms with E-state index in [-0.39, 0.29) is 11.9 Å². The van der Waals surface area contributed by atoms with Gasteiger partial charge in [-0.05, 0) is 61.7 Å². The van der Waals surface area contributed by atoms with Crippen molar-refractivity contribution < 1.29 is 14.3 Å². The van der Waals surface area contributed by atoms with E-state index < -0.39 is 6.10 Å². The molecule has 0 bridgehead atoms. The predicted molar refractivity (Wildman–Crippen MR) is 103 cm³/mol. The molecule has 0 saturated heterocycles. The molecule has 1 N–H and O–H groups in total. The molecule has 0 aromatic heterocycles. The molecule has 0 heterocycles. The van der Waals surface area contributed by atoms with Gasteiger partial charge in [0.2, 0.25) is 0 Å². The average Bonchev–Trinajstić information content (AvgIpc) is 2.61. The SMILES string of the molecule is CC[C@H](NC(=O)[C@H](C)Oc1ccc(Br)cc1)c1ccc(OC)c(C)c1. The summed E-state index contributed by atoms with van der Waals surface area (Å²) in [4.78, 5) is 12.5. The van der Waals surface area contributed by atoms with E-state index >= 15 is 0 Å². The van der Waals surface area contributed by atoms with Crippen LogP contribution >= 0.6 is 15.9 Å². The molecule has 25 heavy (non-hydrogen) atoms. The first kappa shape index (κ1) is 19.3. The molecular weight excluding hydrogens is 382 g/mol. The third-order valence-electron chi connectivity index (χ3n) is 4.04. The smallest absolute Gasteiger partial charge is 0.261 e. The van der Waals surface area contributed by atoms with E-state index in [9.17, 15) is 4.79 Å². The standard InChI is InChI=1S/C20H24BrNO3/c1-5-18(15-6-11-19(24-4)13(2)12-15)22-20(23)14(3)25-17-9-7-16(21)8-10-17/h6-12,14,18H,5H2,1-4H3,(H,22,23)/t14-,18-/m0/s1. The lowest BCUT2D eigenvalue weighted by Gasteiger charge is -2.22. The van der Waals surface area contributed by atoms with Gasteiger partial charge >= 0.3 is 0 Å². The van der Waals surface area contributed by atoms with Gasteiger partial charge in [-0.3, -0.25) is 4.79 Å². The van der Waals surface area contributed by atoms with Crippen molar-refractivity contribution in [3.8, 4) is 11.5 Å². The minimum absolute atomic E-state index is 0.0620. The lowest BCUT2D eigenvalue weighted by Crippen LogP contribution is -2.38. The number of carbonyl (C=O) groups excluding carboxylic acids is 1. The number of nitrogens with one attached hydrogen (secondary N) is 1. The summed E-state index contributed by atoms with van der Waals surface area (Å²) >= 11 is 3.38. The van der Waals surface area contributed by atoms with E-state index in [1.54, 1.807) is 14.0 Å². The summed E-state index contributed by atoms with van der Waals surface area (Å²) in [6.45, 7) is 5.80. The minimum Gasteiger partial charge on any atom is -0.496 e. The van der Waals surface area contributed by atoms with Gasteiger partial charge in [0.05, 0.1) is 13.2 Å². The molecule has 2 atom stereocenters. The fourth-order valence-electron chi connectivity index (χ4n) is 2.60. The molecule has 0 unspecified atom stereocenters. The molecule has 5 heteroatoms. The average molecular weight is 406 g/mol.